The number of halogens is 1. The Morgan fingerprint density at radius 1 is 1.48 bits per heavy atom. The third kappa shape index (κ3) is 2.85. The summed E-state index contributed by atoms with van der Waals surface area (Å²) in [5, 5.41) is 4.75. The SMILES string of the molecule is NC(=O)c1cnc(N2CCCC(n3cccn3)C2)c(Cl)c1. The molecule has 1 aliphatic heterocycles. The van der Waals surface area contributed by atoms with Crippen LogP contribution in [0.15, 0.2) is 30.7 Å². The molecule has 0 aromatic carbocycles. The van der Waals surface area contributed by atoms with Crippen molar-refractivity contribution in [3.05, 3.63) is 41.3 Å². The first kappa shape index (κ1) is 13.9. The summed E-state index contributed by atoms with van der Waals surface area (Å²) in [6.45, 7) is 1.69. The van der Waals surface area contributed by atoms with Crippen LogP contribution in [0.2, 0.25) is 5.02 Å². The van der Waals surface area contributed by atoms with E-state index >= 15 is 0 Å². The number of amides is 1. The minimum Gasteiger partial charge on any atom is -0.366 e. The summed E-state index contributed by atoms with van der Waals surface area (Å²) in [6, 6.07) is 3.80. The molecule has 1 saturated heterocycles. The number of hydrogen-bond acceptors (Lipinski definition) is 4. The predicted molar refractivity (Wildman–Crippen MR) is 80.5 cm³/mol. The molecule has 1 unspecified atom stereocenters. The van der Waals surface area contributed by atoms with Gasteiger partial charge < -0.3 is 10.6 Å². The highest BCUT2D eigenvalue weighted by molar-refractivity contribution is 6.33. The number of primary amides is 1. The van der Waals surface area contributed by atoms with Gasteiger partial charge in [0.2, 0.25) is 5.91 Å². The van der Waals surface area contributed by atoms with E-state index in [1.165, 1.54) is 6.20 Å². The Balaban J connectivity index is 1.82. The van der Waals surface area contributed by atoms with Gasteiger partial charge in [0.25, 0.3) is 0 Å². The fourth-order valence-electron chi connectivity index (χ4n) is 2.66. The van der Waals surface area contributed by atoms with Crippen LogP contribution in [0.25, 0.3) is 0 Å². The molecule has 2 N–H and O–H groups in total. The lowest BCUT2D eigenvalue weighted by Gasteiger charge is -2.34. The highest BCUT2D eigenvalue weighted by atomic mass is 35.5. The van der Waals surface area contributed by atoms with Crippen LogP contribution in [0, 0.1) is 0 Å². The zero-order valence-corrected chi connectivity index (χ0v) is 12.2. The smallest absolute Gasteiger partial charge is 0.250 e. The second kappa shape index (κ2) is 5.73. The quantitative estimate of drug-likeness (QED) is 0.939. The predicted octanol–water partition coefficient (Wildman–Crippen LogP) is 1.87. The van der Waals surface area contributed by atoms with Crippen LogP contribution in [0.3, 0.4) is 0 Å². The van der Waals surface area contributed by atoms with Crippen molar-refractivity contribution >= 4 is 23.3 Å². The van der Waals surface area contributed by atoms with E-state index in [4.69, 9.17) is 17.3 Å². The molecule has 0 saturated carbocycles. The van der Waals surface area contributed by atoms with Gasteiger partial charge in [-0.2, -0.15) is 5.10 Å². The molecule has 1 fully saturated rings. The van der Waals surface area contributed by atoms with E-state index < -0.39 is 5.91 Å². The maximum absolute atomic E-state index is 11.1. The molecule has 1 amide bonds. The van der Waals surface area contributed by atoms with Gasteiger partial charge >= 0.3 is 0 Å². The van der Waals surface area contributed by atoms with Gasteiger partial charge in [-0.3, -0.25) is 9.48 Å². The average Bonchev–Trinajstić information content (AvgIpc) is 3.01. The number of piperidine rings is 1. The Bertz CT molecular complexity index is 643. The van der Waals surface area contributed by atoms with Crippen LogP contribution >= 0.6 is 11.6 Å². The van der Waals surface area contributed by atoms with E-state index in [-0.39, 0.29) is 0 Å². The first-order chi connectivity index (χ1) is 10.1. The Morgan fingerprint density at radius 2 is 2.33 bits per heavy atom. The van der Waals surface area contributed by atoms with Crippen molar-refractivity contribution in [2.45, 2.75) is 18.9 Å². The van der Waals surface area contributed by atoms with Crippen LogP contribution in [0.5, 0.6) is 0 Å². The molecule has 21 heavy (non-hydrogen) atoms. The van der Waals surface area contributed by atoms with E-state index in [0.29, 0.717) is 22.4 Å². The molecule has 1 atom stereocenters. The lowest BCUT2D eigenvalue weighted by Crippen LogP contribution is -2.37. The van der Waals surface area contributed by atoms with E-state index in [9.17, 15) is 4.79 Å². The van der Waals surface area contributed by atoms with E-state index in [1.807, 2.05) is 16.9 Å². The summed E-state index contributed by atoms with van der Waals surface area (Å²) in [7, 11) is 0. The number of hydrogen-bond donors (Lipinski definition) is 1. The van der Waals surface area contributed by atoms with Crippen LogP contribution < -0.4 is 10.6 Å². The molecule has 2 aromatic rings. The second-order valence-corrected chi connectivity index (χ2v) is 5.53. The normalized spacial score (nSPS) is 18.7. The van der Waals surface area contributed by atoms with Crippen LogP contribution in [0.1, 0.15) is 29.2 Å². The van der Waals surface area contributed by atoms with Gasteiger partial charge in [0.1, 0.15) is 5.82 Å². The number of nitrogens with zero attached hydrogens (tertiary/aromatic N) is 4. The standard InChI is InChI=1S/C14H16ClN5O/c15-12-7-10(13(16)21)8-17-14(12)19-5-1-3-11(9-19)20-6-2-4-18-20/h2,4,6-8,11H,1,3,5,9H2,(H2,16,21). The van der Waals surface area contributed by atoms with Crippen molar-refractivity contribution in [2.24, 2.45) is 5.73 Å². The maximum Gasteiger partial charge on any atom is 0.250 e. The van der Waals surface area contributed by atoms with Crippen molar-refractivity contribution in [3.63, 3.8) is 0 Å². The molecule has 0 bridgehead atoms. The Hall–Kier alpha value is -2.08. The average molecular weight is 306 g/mol. The summed E-state index contributed by atoms with van der Waals surface area (Å²) >= 11 is 6.25. The number of carbonyl (C=O) groups excluding carboxylic acids is 1. The molecule has 110 valence electrons. The molecule has 7 heteroatoms. The van der Waals surface area contributed by atoms with Crippen molar-refractivity contribution < 1.29 is 4.79 Å². The van der Waals surface area contributed by atoms with Gasteiger partial charge in [-0.05, 0) is 25.0 Å². The molecule has 0 radical (unpaired) electrons. The lowest BCUT2D eigenvalue weighted by molar-refractivity contribution is 0.1000. The minimum absolute atomic E-state index is 0.308. The van der Waals surface area contributed by atoms with E-state index in [1.54, 1.807) is 12.3 Å². The number of anilines is 1. The monoisotopic (exact) mass is 305 g/mol. The Labute approximate surface area is 127 Å². The molecular formula is C14H16ClN5O. The number of carbonyl (C=O) groups is 1. The molecule has 3 rings (SSSR count). The second-order valence-electron chi connectivity index (χ2n) is 5.12. The molecule has 3 heterocycles. The third-order valence-electron chi connectivity index (χ3n) is 3.70. The molecule has 2 aromatic heterocycles. The summed E-state index contributed by atoms with van der Waals surface area (Å²) in [4.78, 5) is 17.6. The van der Waals surface area contributed by atoms with E-state index in [0.717, 1.165) is 25.9 Å². The van der Waals surface area contributed by atoms with Gasteiger partial charge in [-0.1, -0.05) is 11.6 Å². The Morgan fingerprint density at radius 3 is 3.00 bits per heavy atom. The molecule has 6 nitrogen and oxygen atoms in total. The first-order valence-corrected chi connectivity index (χ1v) is 7.22. The topological polar surface area (TPSA) is 77.0 Å². The van der Waals surface area contributed by atoms with Crippen molar-refractivity contribution in [3.8, 4) is 0 Å². The lowest BCUT2D eigenvalue weighted by atomic mass is 10.1. The minimum atomic E-state index is -0.524. The zero-order chi connectivity index (χ0) is 14.8. The fraction of sp³-hybridized carbons (Fsp3) is 0.357. The summed E-state index contributed by atoms with van der Waals surface area (Å²) in [6.07, 6.45) is 7.35. The van der Waals surface area contributed by atoms with Gasteiger partial charge in [0, 0.05) is 31.7 Å². The van der Waals surface area contributed by atoms with Gasteiger partial charge in [0.05, 0.1) is 16.6 Å². The summed E-state index contributed by atoms with van der Waals surface area (Å²) < 4.78 is 1.97. The molecule has 0 aliphatic carbocycles. The first-order valence-electron chi connectivity index (χ1n) is 6.84. The largest absolute Gasteiger partial charge is 0.366 e. The number of pyridine rings is 1. The van der Waals surface area contributed by atoms with Crippen LogP contribution in [-0.2, 0) is 0 Å². The van der Waals surface area contributed by atoms with Crippen molar-refractivity contribution in [1.29, 1.82) is 0 Å². The fourth-order valence-corrected chi connectivity index (χ4v) is 2.94. The molecular weight excluding hydrogens is 290 g/mol. The number of aromatic nitrogens is 3. The summed E-state index contributed by atoms with van der Waals surface area (Å²) in [5.74, 6) is 0.169. The molecule has 1 aliphatic rings. The summed E-state index contributed by atoms with van der Waals surface area (Å²) in [5.41, 5.74) is 5.56. The van der Waals surface area contributed by atoms with Crippen molar-refractivity contribution in [1.82, 2.24) is 14.8 Å². The number of nitrogens with two attached hydrogens (primary N) is 1. The zero-order valence-electron chi connectivity index (χ0n) is 11.4. The highest BCUT2D eigenvalue weighted by Crippen LogP contribution is 2.29. The Kier molecular flexibility index (Phi) is 3.79. The van der Waals surface area contributed by atoms with Crippen LogP contribution in [0.4, 0.5) is 5.82 Å². The third-order valence-corrected chi connectivity index (χ3v) is 3.98. The molecule has 0 spiro atoms. The maximum atomic E-state index is 11.1. The van der Waals surface area contributed by atoms with E-state index in [2.05, 4.69) is 15.0 Å². The van der Waals surface area contributed by atoms with Crippen molar-refractivity contribution in [2.75, 3.05) is 18.0 Å². The van der Waals surface area contributed by atoms with Gasteiger partial charge in [0.15, 0.2) is 0 Å². The van der Waals surface area contributed by atoms with Crippen LogP contribution in [-0.4, -0.2) is 33.8 Å². The van der Waals surface area contributed by atoms with Gasteiger partial charge in [-0.15, -0.1) is 0 Å². The number of rotatable bonds is 3. The van der Waals surface area contributed by atoms with Gasteiger partial charge in [-0.25, -0.2) is 4.98 Å². The highest BCUT2D eigenvalue weighted by Gasteiger charge is 2.24.